The van der Waals surface area contributed by atoms with Crippen LogP contribution in [0.3, 0.4) is 0 Å². The van der Waals surface area contributed by atoms with Crippen molar-refractivity contribution in [3.05, 3.63) is 51.5 Å². The molecule has 0 saturated carbocycles. The maximum Gasteiger partial charge on any atom is 0.271 e. The number of Topliss-reactive ketones (excluding diaryl/α,β-unsaturated/α-hetero) is 1. The lowest BCUT2D eigenvalue weighted by atomic mass is 10.2. The van der Waals surface area contributed by atoms with Gasteiger partial charge in [-0.15, -0.1) is 10.2 Å². The van der Waals surface area contributed by atoms with Gasteiger partial charge in [-0.2, -0.15) is 0 Å². The number of nitrogens with one attached hydrogen (secondary N) is 1. The molecule has 2 aromatic rings. The molecule has 27 heavy (non-hydrogen) atoms. The van der Waals surface area contributed by atoms with Gasteiger partial charge in [-0.05, 0) is 25.1 Å². The summed E-state index contributed by atoms with van der Waals surface area (Å²) in [5.74, 6) is -0.308. The Morgan fingerprint density at radius 1 is 1.19 bits per heavy atom. The van der Waals surface area contributed by atoms with Gasteiger partial charge in [0, 0.05) is 18.2 Å². The number of benzene rings is 2. The standard InChI is InChI=1S/C17H15ClN4O5/c1-10(23)7-17(24)19-16-9-12(27-2)4-6-15(16)21-20-14-5-3-11(22(25)26)8-13(14)18/h3-6,8-9H,7H2,1-2H3,(H,19,24). The van der Waals surface area contributed by atoms with Gasteiger partial charge in [0.1, 0.15) is 22.9 Å². The molecule has 9 nitrogen and oxygen atoms in total. The van der Waals surface area contributed by atoms with Crippen LogP contribution in [0.4, 0.5) is 22.7 Å². The van der Waals surface area contributed by atoms with Gasteiger partial charge in [-0.3, -0.25) is 19.7 Å². The minimum atomic E-state index is -0.571. The van der Waals surface area contributed by atoms with E-state index in [1.807, 2.05) is 0 Å². The van der Waals surface area contributed by atoms with Crippen molar-refractivity contribution in [1.82, 2.24) is 0 Å². The molecule has 1 N–H and O–H groups in total. The summed E-state index contributed by atoms with van der Waals surface area (Å²) < 4.78 is 5.11. The third kappa shape index (κ3) is 5.58. The zero-order valence-corrected chi connectivity index (χ0v) is 15.2. The van der Waals surface area contributed by atoms with E-state index in [2.05, 4.69) is 15.5 Å². The van der Waals surface area contributed by atoms with Crippen molar-refractivity contribution >= 4 is 46.0 Å². The molecule has 0 heterocycles. The van der Waals surface area contributed by atoms with Crippen molar-refractivity contribution in [2.75, 3.05) is 12.4 Å². The zero-order chi connectivity index (χ0) is 20.0. The van der Waals surface area contributed by atoms with E-state index in [1.165, 1.54) is 38.3 Å². The molecule has 0 unspecified atom stereocenters. The van der Waals surface area contributed by atoms with Crippen LogP contribution in [0.1, 0.15) is 13.3 Å². The Kier molecular flexibility index (Phi) is 6.56. The number of hydrogen-bond donors (Lipinski definition) is 1. The summed E-state index contributed by atoms with van der Waals surface area (Å²) in [6, 6.07) is 8.49. The van der Waals surface area contributed by atoms with E-state index in [9.17, 15) is 19.7 Å². The number of rotatable bonds is 7. The highest BCUT2D eigenvalue weighted by atomic mass is 35.5. The maximum atomic E-state index is 11.9. The molecule has 0 saturated heterocycles. The van der Waals surface area contributed by atoms with E-state index in [-0.39, 0.29) is 28.6 Å². The number of nitrogens with zero attached hydrogens (tertiary/aromatic N) is 3. The molecular formula is C17H15ClN4O5. The molecule has 2 aromatic carbocycles. The van der Waals surface area contributed by atoms with Gasteiger partial charge in [0.05, 0.1) is 29.2 Å². The number of carbonyl (C=O) groups is 2. The molecule has 1 amide bonds. The molecule has 2 rings (SSSR count). The number of carbonyl (C=O) groups excluding carboxylic acids is 2. The first-order valence-corrected chi connectivity index (χ1v) is 8.01. The Hall–Kier alpha value is -3.33. The van der Waals surface area contributed by atoms with Crippen LogP contribution >= 0.6 is 11.6 Å². The van der Waals surface area contributed by atoms with Gasteiger partial charge in [0.2, 0.25) is 5.91 Å². The first kappa shape index (κ1) is 20.0. The zero-order valence-electron chi connectivity index (χ0n) is 14.4. The first-order valence-electron chi connectivity index (χ1n) is 7.63. The van der Waals surface area contributed by atoms with Crippen LogP contribution in [-0.4, -0.2) is 23.7 Å². The number of nitro benzene ring substituents is 1. The number of halogens is 1. The van der Waals surface area contributed by atoms with Crippen LogP contribution in [0.2, 0.25) is 5.02 Å². The molecule has 10 heteroatoms. The van der Waals surface area contributed by atoms with Gasteiger partial charge in [0.15, 0.2) is 0 Å². The molecular weight excluding hydrogens is 376 g/mol. The van der Waals surface area contributed by atoms with Crippen LogP contribution in [0.15, 0.2) is 46.6 Å². The molecule has 0 aliphatic heterocycles. The molecule has 0 spiro atoms. The first-order chi connectivity index (χ1) is 12.8. The number of ketones is 1. The SMILES string of the molecule is COc1ccc(N=Nc2ccc([N+](=O)[O-])cc2Cl)c(NC(=O)CC(C)=O)c1. The molecule has 0 aliphatic rings. The number of methoxy groups -OCH3 is 1. The predicted octanol–water partition coefficient (Wildman–Crippen LogP) is 4.59. The maximum absolute atomic E-state index is 11.9. The summed E-state index contributed by atoms with van der Waals surface area (Å²) in [5.41, 5.74) is 0.643. The predicted molar refractivity (Wildman–Crippen MR) is 99.2 cm³/mol. The molecule has 0 bridgehead atoms. The van der Waals surface area contributed by atoms with Crippen LogP contribution < -0.4 is 10.1 Å². The third-order valence-electron chi connectivity index (χ3n) is 3.29. The van der Waals surface area contributed by atoms with Crippen molar-refractivity contribution in [3.63, 3.8) is 0 Å². The highest BCUT2D eigenvalue weighted by Crippen LogP contribution is 2.34. The van der Waals surface area contributed by atoms with Crippen molar-refractivity contribution in [1.29, 1.82) is 0 Å². The molecule has 0 atom stereocenters. The Morgan fingerprint density at radius 3 is 2.44 bits per heavy atom. The van der Waals surface area contributed by atoms with E-state index in [0.29, 0.717) is 17.1 Å². The van der Waals surface area contributed by atoms with E-state index in [0.717, 1.165) is 0 Å². The average molecular weight is 391 g/mol. The summed E-state index contributed by atoms with van der Waals surface area (Å²) in [6.07, 6.45) is -0.276. The molecule has 0 aliphatic carbocycles. The monoisotopic (exact) mass is 390 g/mol. The average Bonchev–Trinajstić information content (AvgIpc) is 2.60. The fourth-order valence-electron chi connectivity index (χ4n) is 2.05. The quantitative estimate of drug-likeness (QED) is 0.320. The van der Waals surface area contributed by atoms with Gasteiger partial charge >= 0.3 is 0 Å². The minimum absolute atomic E-state index is 0.0589. The third-order valence-corrected chi connectivity index (χ3v) is 3.60. The molecule has 0 fully saturated rings. The summed E-state index contributed by atoms with van der Waals surface area (Å²) in [7, 11) is 1.47. The van der Waals surface area contributed by atoms with E-state index < -0.39 is 10.8 Å². The van der Waals surface area contributed by atoms with E-state index in [1.54, 1.807) is 12.1 Å². The Balaban J connectivity index is 2.32. The number of azo groups is 1. The lowest BCUT2D eigenvalue weighted by molar-refractivity contribution is -0.384. The van der Waals surface area contributed by atoms with Crippen molar-refractivity contribution < 1.29 is 19.2 Å². The van der Waals surface area contributed by atoms with Crippen LogP contribution in [-0.2, 0) is 9.59 Å². The summed E-state index contributed by atoms with van der Waals surface area (Å²) in [4.78, 5) is 33.1. The number of hydrogen-bond acceptors (Lipinski definition) is 7. The highest BCUT2D eigenvalue weighted by molar-refractivity contribution is 6.33. The smallest absolute Gasteiger partial charge is 0.271 e. The van der Waals surface area contributed by atoms with Crippen molar-refractivity contribution in [3.8, 4) is 5.75 Å². The van der Waals surface area contributed by atoms with Gasteiger partial charge in [0.25, 0.3) is 5.69 Å². The van der Waals surface area contributed by atoms with Crippen LogP contribution in [0.5, 0.6) is 5.75 Å². The van der Waals surface area contributed by atoms with E-state index in [4.69, 9.17) is 16.3 Å². The fraction of sp³-hybridized carbons (Fsp3) is 0.176. The lowest BCUT2D eigenvalue weighted by Gasteiger charge is -2.09. The van der Waals surface area contributed by atoms with E-state index >= 15 is 0 Å². The summed E-state index contributed by atoms with van der Waals surface area (Å²) in [6.45, 7) is 1.31. The molecule has 0 radical (unpaired) electrons. The Labute approximate surface area is 159 Å². The number of ether oxygens (including phenoxy) is 1. The second kappa shape index (κ2) is 8.86. The normalized spacial score (nSPS) is 10.6. The van der Waals surface area contributed by atoms with Gasteiger partial charge < -0.3 is 10.1 Å². The van der Waals surface area contributed by atoms with Crippen molar-refractivity contribution in [2.45, 2.75) is 13.3 Å². The molecule has 0 aromatic heterocycles. The fourth-order valence-corrected chi connectivity index (χ4v) is 2.26. The number of nitro groups is 1. The van der Waals surface area contributed by atoms with Crippen LogP contribution in [0.25, 0.3) is 0 Å². The molecule has 140 valence electrons. The van der Waals surface area contributed by atoms with Gasteiger partial charge in [-0.25, -0.2) is 0 Å². The highest BCUT2D eigenvalue weighted by Gasteiger charge is 2.12. The Morgan fingerprint density at radius 2 is 1.85 bits per heavy atom. The lowest BCUT2D eigenvalue weighted by Crippen LogP contribution is -2.14. The Bertz CT molecular complexity index is 930. The van der Waals surface area contributed by atoms with Crippen molar-refractivity contribution in [2.24, 2.45) is 10.2 Å². The number of anilines is 1. The second-order valence-electron chi connectivity index (χ2n) is 5.40. The topological polar surface area (TPSA) is 123 Å². The number of non-ortho nitro benzene ring substituents is 1. The second-order valence-corrected chi connectivity index (χ2v) is 5.81. The van der Waals surface area contributed by atoms with Crippen LogP contribution in [0, 0.1) is 10.1 Å². The summed E-state index contributed by atoms with van der Waals surface area (Å²) in [5, 5.41) is 21.4. The minimum Gasteiger partial charge on any atom is -0.497 e. The number of amides is 1. The summed E-state index contributed by atoms with van der Waals surface area (Å²) >= 11 is 5.98. The largest absolute Gasteiger partial charge is 0.497 e. The van der Waals surface area contributed by atoms with Gasteiger partial charge in [-0.1, -0.05) is 11.6 Å².